The molecule has 3 rings (SSSR count). The van der Waals surface area contributed by atoms with E-state index in [1.54, 1.807) is 12.1 Å². The summed E-state index contributed by atoms with van der Waals surface area (Å²) in [5, 5.41) is 6.27. The van der Waals surface area contributed by atoms with Crippen LogP contribution in [-0.2, 0) is 10.0 Å². The predicted octanol–water partition coefficient (Wildman–Crippen LogP) is 1.92. The van der Waals surface area contributed by atoms with Crippen LogP contribution in [0.1, 0.15) is 42.5 Å². The smallest absolute Gasteiger partial charge is 0.251 e. The summed E-state index contributed by atoms with van der Waals surface area (Å²) in [4.78, 5) is 12.4. The number of rotatable bonds is 8. The molecule has 2 aliphatic rings. The van der Waals surface area contributed by atoms with Gasteiger partial charge in [0.15, 0.2) is 0 Å². The van der Waals surface area contributed by atoms with Crippen LogP contribution in [-0.4, -0.2) is 40.5 Å². The van der Waals surface area contributed by atoms with Gasteiger partial charge in [-0.2, -0.15) is 0 Å². The highest BCUT2D eigenvalue weighted by molar-refractivity contribution is 7.89. The van der Waals surface area contributed by atoms with Crippen molar-refractivity contribution < 1.29 is 13.2 Å². The van der Waals surface area contributed by atoms with E-state index in [1.165, 1.54) is 25.0 Å². The molecule has 1 aliphatic carbocycles. The van der Waals surface area contributed by atoms with Crippen molar-refractivity contribution in [2.45, 2.75) is 37.0 Å². The molecule has 1 aliphatic heterocycles. The molecule has 8 heteroatoms. The van der Waals surface area contributed by atoms with Crippen molar-refractivity contribution >= 4 is 28.3 Å². The summed E-state index contributed by atoms with van der Waals surface area (Å²) in [5.41, 5.74) is 0.385. The van der Waals surface area contributed by atoms with Gasteiger partial charge in [-0.15, -0.1) is 12.4 Å². The normalized spacial score (nSPS) is 20.2. The molecule has 1 heterocycles. The SMILES string of the molecule is Cl.O=C(NCCC1CCCNC1)c1cccc(S(=O)(=O)NCC2CC2)c1. The van der Waals surface area contributed by atoms with Gasteiger partial charge in [-0.05, 0) is 75.2 Å². The summed E-state index contributed by atoms with van der Waals surface area (Å²) in [6.07, 6.45) is 5.50. The first-order valence-electron chi connectivity index (χ1n) is 9.13. The van der Waals surface area contributed by atoms with E-state index < -0.39 is 10.0 Å². The van der Waals surface area contributed by atoms with Crippen molar-refractivity contribution in [1.82, 2.24) is 15.4 Å². The van der Waals surface area contributed by atoms with Crippen molar-refractivity contribution in [1.29, 1.82) is 0 Å². The molecular weight excluding hydrogens is 374 g/mol. The lowest BCUT2D eigenvalue weighted by atomic mass is 9.96. The quantitative estimate of drug-likeness (QED) is 0.621. The van der Waals surface area contributed by atoms with E-state index in [1.807, 2.05) is 0 Å². The Hall–Kier alpha value is -1.15. The highest BCUT2D eigenvalue weighted by Gasteiger charge is 2.24. The van der Waals surface area contributed by atoms with Crippen molar-refractivity contribution in [2.75, 3.05) is 26.2 Å². The summed E-state index contributed by atoms with van der Waals surface area (Å²) < 4.78 is 27.2. The van der Waals surface area contributed by atoms with Gasteiger partial charge in [0.25, 0.3) is 5.91 Å². The Kier molecular flexibility index (Phi) is 7.88. The third-order valence-corrected chi connectivity index (χ3v) is 6.32. The van der Waals surface area contributed by atoms with Crippen LogP contribution < -0.4 is 15.4 Å². The van der Waals surface area contributed by atoms with Crippen LogP contribution in [0, 0.1) is 11.8 Å². The third kappa shape index (κ3) is 6.23. The van der Waals surface area contributed by atoms with Gasteiger partial charge < -0.3 is 10.6 Å². The number of piperidine rings is 1. The summed E-state index contributed by atoms with van der Waals surface area (Å²) >= 11 is 0. The van der Waals surface area contributed by atoms with Crippen LogP contribution in [0.25, 0.3) is 0 Å². The van der Waals surface area contributed by atoms with E-state index in [4.69, 9.17) is 0 Å². The second-order valence-corrected chi connectivity index (χ2v) is 8.85. The minimum absolute atomic E-state index is 0. The zero-order chi connectivity index (χ0) is 17.7. The summed E-state index contributed by atoms with van der Waals surface area (Å²) in [6, 6.07) is 6.25. The number of hydrogen-bond acceptors (Lipinski definition) is 4. The van der Waals surface area contributed by atoms with E-state index in [0.29, 0.717) is 30.5 Å². The zero-order valence-electron chi connectivity index (χ0n) is 14.9. The highest BCUT2D eigenvalue weighted by atomic mass is 35.5. The monoisotopic (exact) mass is 401 g/mol. The third-order valence-electron chi connectivity index (χ3n) is 4.90. The van der Waals surface area contributed by atoms with E-state index in [2.05, 4.69) is 15.4 Å². The minimum atomic E-state index is -3.55. The molecule has 1 aromatic carbocycles. The first-order valence-corrected chi connectivity index (χ1v) is 10.6. The molecule has 0 bridgehead atoms. The maximum atomic E-state index is 12.3. The Balaban J connectivity index is 0.00000243. The van der Waals surface area contributed by atoms with Gasteiger partial charge in [-0.25, -0.2) is 13.1 Å². The van der Waals surface area contributed by atoms with Gasteiger partial charge in [-0.3, -0.25) is 4.79 Å². The average Bonchev–Trinajstić information content (AvgIpc) is 3.45. The molecule has 0 radical (unpaired) electrons. The molecule has 1 atom stereocenters. The largest absolute Gasteiger partial charge is 0.352 e. The Bertz CT molecular complexity index is 701. The molecule has 146 valence electrons. The molecule has 6 nitrogen and oxygen atoms in total. The molecule has 0 spiro atoms. The van der Waals surface area contributed by atoms with Gasteiger partial charge >= 0.3 is 0 Å². The topological polar surface area (TPSA) is 87.3 Å². The van der Waals surface area contributed by atoms with Crippen molar-refractivity contribution in [3.05, 3.63) is 29.8 Å². The number of benzene rings is 1. The lowest BCUT2D eigenvalue weighted by molar-refractivity contribution is 0.0950. The summed E-state index contributed by atoms with van der Waals surface area (Å²) in [7, 11) is -3.55. The number of carbonyl (C=O) groups excluding carboxylic acids is 1. The standard InChI is InChI=1S/C18H27N3O3S.ClH/c22-18(20-10-8-14-3-2-9-19-12-14)16-4-1-5-17(11-16)25(23,24)21-13-15-6-7-15;/h1,4-5,11,14-15,19,21H,2-3,6-10,12-13H2,(H,20,22);1H. The Morgan fingerprint density at radius 2 is 2.00 bits per heavy atom. The lowest BCUT2D eigenvalue weighted by Gasteiger charge is -2.22. The maximum Gasteiger partial charge on any atom is 0.251 e. The number of carbonyl (C=O) groups is 1. The number of amides is 1. The zero-order valence-corrected chi connectivity index (χ0v) is 16.5. The fourth-order valence-corrected chi connectivity index (χ4v) is 4.26. The molecule has 1 aromatic rings. The number of halogens is 1. The Labute approximate surface area is 162 Å². The van der Waals surface area contributed by atoms with Crippen LogP contribution in [0.15, 0.2) is 29.2 Å². The first-order chi connectivity index (χ1) is 12.0. The summed E-state index contributed by atoms with van der Waals surface area (Å²) in [6.45, 7) is 3.19. The Morgan fingerprint density at radius 1 is 1.19 bits per heavy atom. The summed E-state index contributed by atoms with van der Waals surface area (Å²) in [5.74, 6) is 0.853. The minimum Gasteiger partial charge on any atom is -0.352 e. The number of hydrogen-bond donors (Lipinski definition) is 3. The molecule has 1 saturated heterocycles. The molecule has 1 unspecified atom stereocenters. The van der Waals surface area contributed by atoms with E-state index in [9.17, 15) is 13.2 Å². The second-order valence-electron chi connectivity index (χ2n) is 7.08. The van der Waals surface area contributed by atoms with Gasteiger partial charge in [0, 0.05) is 18.7 Å². The highest BCUT2D eigenvalue weighted by Crippen LogP contribution is 2.28. The molecule has 3 N–H and O–H groups in total. The second kappa shape index (κ2) is 9.69. The van der Waals surface area contributed by atoms with Gasteiger partial charge in [0.1, 0.15) is 0 Å². The van der Waals surface area contributed by atoms with Crippen molar-refractivity contribution in [2.24, 2.45) is 11.8 Å². The Morgan fingerprint density at radius 3 is 2.69 bits per heavy atom. The average molecular weight is 402 g/mol. The molecule has 0 aromatic heterocycles. The molecule has 1 amide bonds. The van der Waals surface area contributed by atoms with Gasteiger partial charge in [0.2, 0.25) is 10.0 Å². The van der Waals surface area contributed by atoms with Gasteiger partial charge in [-0.1, -0.05) is 6.07 Å². The molecule has 26 heavy (non-hydrogen) atoms. The molecule has 1 saturated carbocycles. The fourth-order valence-electron chi connectivity index (χ4n) is 3.10. The fraction of sp³-hybridized carbons (Fsp3) is 0.611. The van der Waals surface area contributed by atoms with Crippen molar-refractivity contribution in [3.63, 3.8) is 0 Å². The number of sulfonamides is 1. The number of nitrogens with one attached hydrogen (secondary N) is 3. The van der Waals surface area contributed by atoms with Crippen LogP contribution >= 0.6 is 12.4 Å². The van der Waals surface area contributed by atoms with Gasteiger partial charge in [0.05, 0.1) is 4.90 Å². The van der Waals surface area contributed by atoms with E-state index in [-0.39, 0.29) is 23.2 Å². The van der Waals surface area contributed by atoms with E-state index in [0.717, 1.165) is 32.4 Å². The van der Waals surface area contributed by atoms with Crippen molar-refractivity contribution in [3.8, 4) is 0 Å². The van der Waals surface area contributed by atoms with E-state index >= 15 is 0 Å². The molecule has 2 fully saturated rings. The maximum absolute atomic E-state index is 12.3. The first kappa shape index (κ1) is 21.2. The lowest BCUT2D eigenvalue weighted by Crippen LogP contribution is -2.33. The molecular formula is C18H28ClN3O3S. The predicted molar refractivity (Wildman–Crippen MR) is 104 cm³/mol. The van der Waals surface area contributed by atoms with Crippen LogP contribution in [0.2, 0.25) is 0 Å². The van der Waals surface area contributed by atoms with Crippen LogP contribution in [0.5, 0.6) is 0 Å². The van der Waals surface area contributed by atoms with Crippen LogP contribution in [0.3, 0.4) is 0 Å². The van der Waals surface area contributed by atoms with Crippen LogP contribution in [0.4, 0.5) is 0 Å².